The molecule has 2 heterocycles. The molecule has 144 valence electrons. The third kappa shape index (κ3) is 3.43. The minimum atomic E-state index is -0.181. The predicted molar refractivity (Wildman–Crippen MR) is 108 cm³/mol. The third-order valence-electron chi connectivity index (χ3n) is 5.62. The van der Waals surface area contributed by atoms with Gasteiger partial charge in [0.15, 0.2) is 5.69 Å². The van der Waals surface area contributed by atoms with E-state index in [2.05, 4.69) is 36.3 Å². The second kappa shape index (κ2) is 7.56. The lowest BCUT2D eigenvalue weighted by Crippen LogP contribution is -3.13. The predicted octanol–water partition coefficient (Wildman–Crippen LogP) is 0.783. The van der Waals surface area contributed by atoms with Crippen LogP contribution in [0.4, 0.5) is 0 Å². The molecule has 1 aromatic heterocycles. The SMILES string of the molecule is Cc1ccccc1C[NH+]1CCN(C(=O)c2nn(C)c(=O)c3ccccc23)CC1. The van der Waals surface area contributed by atoms with E-state index in [0.717, 1.165) is 19.6 Å². The number of quaternary nitrogens is 1. The van der Waals surface area contributed by atoms with Crippen molar-refractivity contribution in [2.45, 2.75) is 13.5 Å². The largest absolute Gasteiger partial charge is 0.328 e. The van der Waals surface area contributed by atoms with E-state index in [1.807, 2.05) is 17.0 Å². The molecular formula is C22H25N4O2+. The molecule has 1 aliphatic rings. The Bertz CT molecular complexity index is 1080. The summed E-state index contributed by atoms with van der Waals surface area (Å²) in [6, 6.07) is 15.7. The van der Waals surface area contributed by atoms with Crippen molar-refractivity contribution < 1.29 is 9.69 Å². The Morgan fingerprint density at radius 3 is 2.39 bits per heavy atom. The summed E-state index contributed by atoms with van der Waals surface area (Å²) in [5.41, 5.74) is 2.86. The molecule has 0 saturated carbocycles. The van der Waals surface area contributed by atoms with Gasteiger partial charge in [-0.3, -0.25) is 9.59 Å². The van der Waals surface area contributed by atoms with Crippen molar-refractivity contribution in [2.75, 3.05) is 26.2 Å². The van der Waals surface area contributed by atoms with E-state index in [0.29, 0.717) is 29.6 Å². The Labute approximate surface area is 164 Å². The van der Waals surface area contributed by atoms with Crippen LogP contribution < -0.4 is 10.5 Å². The molecule has 0 spiro atoms. The van der Waals surface area contributed by atoms with Crippen molar-refractivity contribution in [2.24, 2.45) is 7.05 Å². The summed E-state index contributed by atoms with van der Waals surface area (Å²) < 4.78 is 1.26. The third-order valence-corrected chi connectivity index (χ3v) is 5.62. The second-order valence-electron chi connectivity index (χ2n) is 7.47. The molecule has 3 aromatic rings. The van der Waals surface area contributed by atoms with Crippen molar-refractivity contribution in [3.63, 3.8) is 0 Å². The molecule has 0 aliphatic carbocycles. The summed E-state index contributed by atoms with van der Waals surface area (Å²) in [6.45, 7) is 6.33. The summed E-state index contributed by atoms with van der Waals surface area (Å²) in [5, 5.41) is 5.44. The number of carbonyl (C=O) groups is 1. The number of rotatable bonds is 3. The molecule has 4 rings (SSSR count). The van der Waals surface area contributed by atoms with E-state index in [1.165, 1.54) is 20.7 Å². The molecule has 0 unspecified atom stereocenters. The van der Waals surface area contributed by atoms with E-state index in [4.69, 9.17) is 0 Å². The summed E-state index contributed by atoms with van der Waals surface area (Å²) in [5.74, 6) is -0.0956. The van der Waals surface area contributed by atoms with Gasteiger partial charge in [0, 0.05) is 18.0 Å². The van der Waals surface area contributed by atoms with E-state index in [1.54, 1.807) is 19.2 Å². The topological polar surface area (TPSA) is 59.6 Å². The Morgan fingerprint density at radius 1 is 1.04 bits per heavy atom. The molecule has 0 atom stereocenters. The van der Waals surface area contributed by atoms with Crippen LogP contribution in [0.1, 0.15) is 21.6 Å². The zero-order chi connectivity index (χ0) is 19.7. The van der Waals surface area contributed by atoms with Crippen LogP contribution in [-0.4, -0.2) is 46.8 Å². The Kier molecular flexibility index (Phi) is 4.96. The van der Waals surface area contributed by atoms with Crippen molar-refractivity contribution in [1.82, 2.24) is 14.7 Å². The quantitative estimate of drug-likeness (QED) is 0.734. The first-order valence-electron chi connectivity index (χ1n) is 9.68. The number of nitrogens with zero attached hydrogens (tertiary/aromatic N) is 3. The normalized spacial score (nSPS) is 15.1. The average Bonchev–Trinajstić information content (AvgIpc) is 2.72. The highest BCUT2D eigenvalue weighted by atomic mass is 16.2. The van der Waals surface area contributed by atoms with Crippen LogP contribution in [0.5, 0.6) is 0 Å². The van der Waals surface area contributed by atoms with Gasteiger partial charge in [0.05, 0.1) is 31.6 Å². The zero-order valence-corrected chi connectivity index (χ0v) is 16.3. The fraction of sp³-hybridized carbons (Fsp3) is 0.318. The second-order valence-corrected chi connectivity index (χ2v) is 7.47. The van der Waals surface area contributed by atoms with Gasteiger partial charge < -0.3 is 9.80 Å². The van der Waals surface area contributed by atoms with Crippen molar-refractivity contribution in [3.8, 4) is 0 Å². The first kappa shape index (κ1) is 18.4. The van der Waals surface area contributed by atoms with Gasteiger partial charge in [-0.15, -0.1) is 0 Å². The van der Waals surface area contributed by atoms with Crippen LogP contribution in [0, 0.1) is 6.92 Å². The summed E-state index contributed by atoms with van der Waals surface area (Å²) in [7, 11) is 1.59. The minimum absolute atomic E-state index is 0.0956. The van der Waals surface area contributed by atoms with E-state index in [9.17, 15) is 9.59 Å². The molecule has 6 nitrogen and oxygen atoms in total. The number of fused-ring (bicyclic) bond motifs is 1. The number of piperazine rings is 1. The fourth-order valence-electron chi connectivity index (χ4n) is 3.89. The summed E-state index contributed by atoms with van der Waals surface area (Å²) >= 11 is 0. The first-order chi connectivity index (χ1) is 13.5. The maximum atomic E-state index is 13.1. The van der Waals surface area contributed by atoms with Crippen LogP contribution >= 0.6 is 0 Å². The van der Waals surface area contributed by atoms with E-state index in [-0.39, 0.29) is 11.5 Å². The van der Waals surface area contributed by atoms with Gasteiger partial charge in [-0.05, 0) is 18.6 Å². The molecule has 0 bridgehead atoms. The molecule has 1 N–H and O–H groups in total. The van der Waals surface area contributed by atoms with Gasteiger partial charge in [0.2, 0.25) is 0 Å². The van der Waals surface area contributed by atoms with E-state index >= 15 is 0 Å². The smallest absolute Gasteiger partial charge is 0.275 e. The maximum Gasteiger partial charge on any atom is 0.275 e. The Balaban J connectivity index is 1.51. The van der Waals surface area contributed by atoms with Crippen molar-refractivity contribution >= 4 is 16.7 Å². The Hall–Kier alpha value is -2.99. The van der Waals surface area contributed by atoms with Gasteiger partial charge in [-0.2, -0.15) is 5.10 Å². The number of nitrogens with one attached hydrogen (secondary N) is 1. The zero-order valence-electron chi connectivity index (χ0n) is 16.3. The number of hydrogen-bond acceptors (Lipinski definition) is 3. The molecule has 1 fully saturated rings. The lowest BCUT2D eigenvalue weighted by Gasteiger charge is -2.32. The number of aryl methyl sites for hydroxylation is 2. The average molecular weight is 377 g/mol. The van der Waals surface area contributed by atoms with Crippen LogP contribution in [0.3, 0.4) is 0 Å². The number of carbonyl (C=O) groups excluding carboxylic acids is 1. The summed E-state index contributed by atoms with van der Waals surface area (Å²) in [4.78, 5) is 28.8. The van der Waals surface area contributed by atoms with Crippen molar-refractivity contribution in [3.05, 3.63) is 75.7 Å². The Morgan fingerprint density at radius 2 is 1.68 bits per heavy atom. The molecule has 6 heteroatoms. The van der Waals surface area contributed by atoms with E-state index < -0.39 is 0 Å². The highest BCUT2D eigenvalue weighted by Gasteiger charge is 2.27. The lowest BCUT2D eigenvalue weighted by molar-refractivity contribution is -0.917. The standard InChI is InChI=1S/C22H24N4O2/c1-16-7-3-4-8-17(16)15-25-11-13-26(14-12-25)22(28)20-18-9-5-6-10-19(18)21(27)24(2)23-20/h3-10H,11-15H2,1-2H3/p+1. The van der Waals surface area contributed by atoms with Gasteiger partial charge >= 0.3 is 0 Å². The lowest BCUT2D eigenvalue weighted by atomic mass is 10.1. The number of aromatic nitrogens is 2. The number of amides is 1. The molecule has 0 radical (unpaired) electrons. The molecule has 1 amide bonds. The monoisotopic (exact) mass is 377 g/mol. The fourth-order valence-corrected chi connectivity index (χ4v) is 3.89. The van der Waals surface area contributed by atoms with Crippen LogP contribution in [-0.2, 0) is 13.6 Å². The summed E-state index contributed by atoms with van der Waals surface area (Å²) in [6.07, 6.45) is 0. The highest BCUT2D eigenvalue weighted by Crippen LogP contribution is 2.15. The van der Waals surface area contributed by atoms with Crippen molar-refractivity contribution in [1.29, 1.82) is 0 Å². The van der Waals surface area contributed by atoms with Gasteiger partial charge in [-0.1, -0.05) is 42.5 Å². The molecule has 28 heavy (non-hydrogen) atoms. The highest BCUT2D eigenvalue weighted by molar-refractivity contribution is 6.04. The molecular weight excluding hydrogens is 352 g/mol. The van der Waals surface area contributed by atoms with Gasteiger partial charge in [0.25, 0.3) is 11.5 Å². The van der Waals surface area contributed by atoms with Crippen LogP contribution in [0.25, 0.3) is 10.8 Å². The molecule has 1 aliphatic heterocycles. The maximum absolute atomic E-state index is 13.1. The molecule has 1 saturated heterocycles. The van der Waals surface area contributed by atoms with Crippen LogP contribution in [0.2, 0.25) is 0 Å². The number of benzene rings is 2. The van der Waals surface area contributed by atoms with Crippen LogP contribution in [0.15, 0.2) is 53.3 Å². The number of hydrogen-bond donors (Lipinski definition) is 1. The molecule has 2 aromatic carbocycles. The minimum Gasteiger partial charge on any atom is -0.328 e. The van der Waals surface area contributed by atoms with Gasteiger partial charge in [-0.25, -0.2) is 4.68 Å². The first-order valence-corrected chi connectivity index (χ1v) is 9.68. The van der Waals surface area contributed by atoms with Gasteiger partial charge in [0.1, 0.15) is 6.54 Å².